The van der Waals surface area contributed by atoms with Crippen molar-refractivity contribution in [2.24, 2.45) is 5.73 Å². The summed E-state index contributed by atoms with van der Waals surface area (Å²) in [7, 11) is 0. The quantitative estimate of drug-likeness (QED) is 0.914. The predicted octanol–water partition coefficient (Wildman–Crippen LogP) is 4.36. The summed E-state index contributed by atoms with van der Waals surface area (Å²) < 4.78 is 40.1. The minimum Gasteiger partial charge on any atom is -0.406 e. The first-order valence-corrected chi connectivity index (χ1v) is 6.11. The van der Waals surface area contributed by atoms with Crippen molar-refractivity contribution in [3.63, 3.8) is 0 Å². The van der Waals surface area contributed by atoms with Gasteiger partial charge in [0.15, 0.2) is 0 Å². The van der Waals surface area contributed by atoms with Gasteiger partial charge < -0.3 is 10.5 Å². The topological polar surface area (TPSA) is 35.2 Å². The van der Waals surface area contributed by atoms with E-state index in [2.05, 4.69) is 4.74 Å². The Bertz CT molecular complexity index is 596. The third-order valence-electron chi connectivity index (χ3n) is 2.69. The van der Waals surface area contributed by atoms with E-state index < -0.39 is 6.36 Å². The van der Waals surface area contributed by atoms with Gasteiger partial charge in [-0.05, 0) is 41.0 Å². The summed E-state index contributed by atoms with van der Waals surface area (Å²) in [5.74, 6) is -0.266. The lowest BCUT2D eigenvalue weighted by Crippen LogP contribution is -2.16. The largest absolute Gasteiger partial charge is 0.573 e. The van der Waals surface area contributed by atoms with Gasteiger partial charge in [-0.3, -0.25) is 0 Å². The number of nitrogens with two attached hydrogens (primary N) is 1. The van der Waals surface area contributed by atoms with Crippen LogP contribution in [0, 0.1) is 0 Å². The lowest BCUT2D eigenvalue weighted by atomic mass is 10.00. The molecule has 0 aromatic heterocycles. The lowest BCUT2D eigenvalue weighted by Gasteiger charge is -2.11. The molecule has 2 N–H and O–H groups in total. The molecule has 2 aromatic carbocycles. The van der Waals surface area contributed by atoms with Gasteiger partial charge in [-0.1, -0.05) is 29.8 Å². The molecule has 0 fully saturated rings. The first-order chi connectivity index (χ1) is 9.39. The van der Waals surface area contributed by atoms with Crippen LogP contribution < -0.4 is 10.5 Å². The zero-order valence-corrected chi connectivity index (χ0v) is 11.0. The van der Waals surface area contributed by atoms with Crippen LogP contribution in [0.25, 0.3) is 11.1 Å². The SMILES string of the molecule is NCc1ccc(Cl)cc1-c1ccc(OC(F)(F)F)cc1. The van der Waals surface area contributed by atoms with Crippen LogP contribution in [0.2, 0.25) is 5.02 Å². The fourth-order valence-electron chi connectivity index (χ4n) is 1.83. The van der Waals surface area contributed by atoms with Crippen molar-refractivity contribution in [2.75, 3.05) is 0 Å². The van der Waals surface area contributed by atoms with E-state index in [9.17, 15) is 13.2 Å². The van der Waals surface area contributed by atoms with Crippen molar-refractivity contribution in [3.05, 3.63) is 53.1 Å². The Labute approximate surface area is 118 Å². The summed E-state index contributed by atoms with van der Waals surface area (Å²) >= 11 is 5.93. The zero-order chi connectivity index (χ0) is 14.8. The second-order valence-electron chi connectivity index (χ2n) is 4.08. The van der Waals surface area contributed by atoms with E-state index in [0.717, 1.165) is 16.7 Å². The number of benzene rings is 2. The van der Waals surface area contributed by atoms with E-state index in [4.69, 9.17) is 17.3 Å². The monoisotopic (exact) mass is 301 g/mol. The van der Waals surface area contributed by atoms with Gasteiger partial charge in [0.25, 0.3) is 0 Å². The van der Waals surface area contributed by atoms with Gasteiger partial charge >= 0.3 is 6.36 Å². The molecule has 2 nitrogen and oxygen atoms in total. The second-order valence-corrected chi connectivity index (χ2v) is 4.51. The minimum atomic E-state index is -4.69. The molecule has 0 aliphatic carbocycles. The van der Waals surface area contributed by atoms with Crippen LogP contribution in [0.3, 0.4) is 0 Å². The normalized spacial score (nSPS) is 11.4. The number of rotatable bonds is 3. The highest BCUT2D eigenvalue weighted by Crippen LogP contribution is 2.30. The number of alkyl halides is 3. The molecule has 0 saturated carbocycles. The Morgan fingerprint density at radius 1 is 1.05 bits per heavy atom. The molecule has 106 valence electrons. The molecule has 0 bridgehead atoms. The average Bonchev–Trinajstić information content (AvgIpc) is 2.38. The molecule has 0 amide bonds. The van der Waals surface area contributed by atoms with Gasteiger partial charge in [0.2, 0.25) is 0 Å². The van der Waals surface area contributed by atoms with Gasteiger partial charge in [-0.25, -0.2) is 0 Å². The van der Waals surface area contributed by atoms with Gasteiger partial charge in [0, 0.05) is 11.6 Å². The Balaban J connectivity index is 2.33. The summed E-state index contributed by atoms with van der Waals surface area (Å²) in [5.41, 5.74) is 8.01. The van der Waals surface area contributed by atoms with Crippen molar-refractivity contribution in [3.8, 4) is 16.9 Å². The number of halogens is 4. The Morgan fingerprint density at radius 2 is 1.70 bits per heavy atom. The third kappa shape index (κ3) is 3.65. The molecule has 0 aliphatic heterocycles. The van der Waals surface area contributed by atoms with E-state index in [-0.39, 0.29) is 5.75 Å². The Hall–Kier alpha value is -1.72. The summed E-state index contributed by atoms with van der Waals surface area (Å²) in [6.45, 7) is 0.313. The number of ether oxygens (including phenoxy) is 1. The summed E-state index contributed by atoms with van der Waals surface area (Å²) in [6, 6.07) is 10.8. The zero-order valence-electron chi connectivity index (χ0n) is 10.2. The molecule has 2 rings (SSSR count). The molecular weight excluding hydrogens is 291 g/mol. The van der Waals surface area contributed by atoms with Gasteiger partial charge in [-0.15, -0.1) is 13.2 Å². The maximum Gasteiger partial charge on any atom is 0.573 e. The minimum absolute atomic E-state index is 0.266. The summed E-state index contributed by atoms with van der Waals surface area (Å²) in [4.78, 5) is 0. The van der Waals surface area contributed by atoms with Crippen LogP contribution in [0.5, 0.6) is 5.75 Å². The molecule has 0 radical (unpaired) electrons. The smallest absolute Gasteiger partial charge is 0.406 e. The second kappa shape index (κ2) is 5.73. The third-order valence-corrected chi connectivity index (χ3v) is 2.93. The predicted molar refractivity (Wildman–Crippen MR) is 71.5 cm³/mol. The molecule has 0 spiro atoms. The van der Waals surface area contributed by atoms with Gasteiger partial charge in [0.05, 0.1) is 0 Å². The van der Waals surface area contributed by atoms with Crippen LogP contribution in [0.4, 0.5) is 13.2 Å². The maximum absolute atomic E-state index is 12.1. The highest BCUT2D eigenvalue weighted by atomic mass is 35.5. The number of hydrogen-bond acceptors (Lipinski definition) is 2. The standard InChI is InChI=1S/C14H11ClF3NO/c15-11-4-1-10(8-19)13(7-11)9-2-5-12(6-3-9)20-14(16,17)18/h1-7H,8,19H2. The molecule has 0 aliphatic rings. The van der Waals surface area contributed by atoms with Gasteiger partial charge in [-0.2, -0.15) is 0 Å². The van der Waals surface area contributed by atoms with Crippen molar-refractivity contribution in [2.45, 2.75) is 12.9 Å². The molecule has 0 unspecified atom stereocenters. The van der Waals surface area contributed by atoms with Crippen molar-refractivity contribution < 1.29 is 17.9 Å². The maximum atomic E-state index is 12.1. The van der Waals surface area contributed by atoms with Crippen LogP contribution in [-0.4, -0.2) is 6.36 Å². The molecule has 20 heavy (non-hydrogen) atoms. The molecule has 0 heterocycles. The highest BCUT2D eigenvalue weighted by Gasteiger charge is 2.30. The molecule has 0 atom stereocenters. The van der Waals surface area contributed by atoms with E-state index in [1.165, 1.54) is 24.3 Å². The van der Waals surface area contributed by atoms with Crippen molar-refractivity contribution >= 4 is 11.6 Å². The molecular formula is C14H11ClF3NO. The molecule has 2 aromatic rings. The molecule has 6 heteroatoms. The van der Waals surface area contributed by atoms with Crippen LogP contribution in [0.15, 0.2) is 42.5 Å². The van der Waals surface area contributed by atoms with E-state index in [1.807, 2.05) is 0 Å². The fourth-order valence-corrected chi connectivity index (χ4v) is 2.00. The Kier molecular flexibility index (Phi) is 4.20. The van der Waals surface area contributed by atoms with Gasteiger partial charge in [0.1, 0.15) is 5.75 Å². The van der Waals surface area contributed by atoms with E-state index >= 15 is 0 Å². The van der Waals surface area contributed by atoms with Crippen molar-refractivity contribution in [1.82, 2.24) is 0 Å². The van der Waals surface area contributed by atoms with E-state index in [1.54, 1.807) is 18.2 Å². The first kappa shape index (κ1) is 14.7. The summed E-state index contributed by atoms with van der Waals surface area (Å²) in [5, 5.41) is 0.535. The summed E-state index contributed by atoms with van der Waals surface area (Å²) in [6.07, 6.45) is -4.69. The van der Waals surface area contributed by atoms with Crippen LogP contribution in [-0.2, 0) is 6.54 Å². The van der Waals surface area contributed by atoms with Crippen molar-refractivity contribution in [1.29, 1.82) is 0 Å². The first-order valence-electron chi connectivity index (χ1n) is 5.74. The highest BCUT2D eigenvalue weighted by molar-refractivity contribution is 6.30. The van der Waals surface area contributed by atoms with E-state index in [0.29, 0.717) is 11.6 Å². The number of hydrogen-bond donors (Lipinski definition) is 1. The van der Waals surface area contributed by atoms with Crippen LogP contribution >= 0.6 is 11.6 Å². The lowest BCUT2D eigenvalue weighted by molar-refractivity contribution is -0.274. The average molecular weight is 302 g/mol. The fraction of sp³-hybridized carbons (Fsp3) is 0.143. The van der Waals surface area contributed by atoms with Crippen LogP contribution in [0.1, 0.15) is 5.56 Å². The Morgan fingerprint density at radius 3 is 2.25 bits per heavy atom. The molecule has 0 saturated heterocycles.